The fraction of sp³-hybridized carbons (Fsp3) is 0.588. The van der Waals surface area contributed by atoms with Crippen LogP contribution in [-0.4, -0.2) is 20.4 Å². The van der Waals surface area contributed by atoms with Gasteiger partial charge in [0, 0.05) is 11.7 Å². The summed E-state index contributed by atoms with van der Waals surface area (Å²) in [6.07, 6.45) is 6.30. The van der Waals surface area contributed by atoms with Gasteiger partial charge in [0.2, 0.25) is 15.9 Å². The lowest BCUT2D eigenvalue weighted by molar-refractivity contribution is -0.119. The molecule has 1 heterocycles. The van der Waals surface area contributed by atoms with Crippen molar-refractivity contribution in [1.29, 1.82) is 0 Å². The average molecular weight is 336 g/mol. The predicted molar refractivity (Wildman–Crippen MR) is 89.9 cm³/mol. The molecular formula is C17H24N2O3S. The Labute approximate surface area is 137 Å². The summed E-state index contributed by atoms with van der Waals surface area (Å²) < 4.78 is 28.2. The SMILES string of the molecule is CC1(C)C(=O)Nc2ccc(S(=O)(=O)NC3CCCCCC3)cc21. The van der Waals surface area contributed by atoms with Gasteiger partial charge in [-0.05, 0) is 50.5 Å². The first-order valence-corrected chi connectivity index (χ1v) is 9.77. The van der Waals surface area contributed by atoms with Crippen LogP contribution in [0.25, 0.3) is 0 Å². The topological polar surface area (TPSA) is 75.3 Å². The van der Waals surface area contributed by atoms with E-state index in [1.165, 1.54) is 12.8 Å². The van der Waals surface area contributed by atoms with E-state index in [-0.39, 0.29) is 16.8 Å². The molecule has 0 bridgehead atoms. The molecular weight excluding hydrogens is 312 g/mol. The zero-order chi connectivity index (χ0) is 16.7. The van der Waals surface area contributed by atoms with Crippen LogP contribution >= 0.6 is 0 Å². The lowest BCUT2D eigenvalue weighted by Gasteiger charge is -2.18. The van der Waals surface area contributed by atoms with Gasteiger partial charge in [-0.1, -0.05) is 25.7 Å². The number of hydrogen-bond donors (Lipinski definition) is 2. The molecule has 2 aliphatic rings. The van der Waals surface area contributed by atoms with Gasteiger partial charge in [0.1, 0.15) is 0 Å². The number of sulfonamides is 1. The molecule has 6 heteroatoms. The lowest BCUT2D eigenvalue weighted by atomic mass is 9.86. The van der Waals surface area contributed by atoms with Crippen LogP contribution in [0.1, 0.15) is 57.9 Å². The van der Waals surface area contributed by atoms with Crippen molar-refractivity contribution >= 4 is 21.6 Å². The maximum absolute atomic E-state index is 12.7. The highest BCUT2D eigenvalue weighted by molar-refractivity contribution is 7.89. The minimum absolute atomic E-state index is 0.0171. The standard InChI is InChI=1S/C17H24N2O3S/c1-17(2)14-11-13(9-10-15(14)18-16(17)20)23(21,22)19-12-7-5-3-4-6-8-12/h9-12,19H,3-8H2,1-2H3,(H,18,20). The first-order valence-electron chi connectivity index (χ1n) is 8.29. The van der Waals surface area contributed by atoms with E-state index in [0.29, 0.717) is 5.69 Å². The Kier molecular flexibility index (Phi) is 4.23. The zero-order valence-electron chi connectivity index (χ0n) is 13.7. The highest BCUT2D eigenvalue weighted by Crippen LogP contribution is 2.38. The van der Waals surface area contributed by atoms with Gasteiger partial charge in [0.05, 0.1) is 10.3 Å². The van der Waals surface area contributed by atoms with Gasteiger partial charge in [0.15, 0.2) is 0 Å². The molecule has 0 aromatic heterocycles. The third-order valence-electron chi connectivity index (χ3n) is 4.97. The van der Waals surface area contributed by atoms with Crippen LogP contribution in [0, 0.1) is 0 Å². The number of carbonyl (C=O) groups is 1. The molecule has 1 aromatic carbocycles. The van der Waals surface area contributed by atoms with Crippen LogP contribution in [0.3, 0.4) is 0 Å². The van der Waals surface area contributed by atoms with Crippen LogP contribution in [0.2, 0.25) is 0 Å². The summed E-state index contributed by atoms with van der Waals surface area (Å²) in [6, 6.07) is 4.90. The number of anilines is 1. The van der Waals surface area contributed by atoms with E-state index >= 15 is 0 Å². The van der Waals surface area contributed by atoms with Crippen LogP contribution in [0.15, 0.2) is 23.1 Å². The van der Waals surface area contributed by atoms with Crippen molar-refractivity contribution in [1.82, 2.24) is 4.72 Å². The third kappa shape index (κ3) is 3.15. The Morgan fingerprint density at radius 2 is 1.78 bits per heavy atom. The van der Waals surface area contributed by atoms with E-state index in [0.717, 1.165) is 31.2 Å². The molecule has 0 atom stereocenters. The maximum Gasteiger partial charge on any atom is 0.240 e. The summed E-state index contributed by atoms with van der Waals surface area (Å²) >= 11 is 0. The number of benzene rings is 1. The number of rotatable bonds is 3. The van der Waals surface area contributed by atoms with E-state index < -0.39 is 15.4 Å². The second kappa shape index (κ2) is 5.91. The molecule has 0 unspecified atom stereocenters. The van der Waals surface area contributed by atoms with Crippen molar-refractivity contribution in [3.05, 3.63) is 23.8 Å². The molecule has 3 rings (SSSR count). The largest absolute Gasteiger partial charge is 0.325 e. The maximum atomic E-state index is 12.7. The predicted octanol–water partition coefficient (Wildman–Crippen LogP) is 2.92. The van der Waals surface area contributed by atoms with Gasteiger partial charge in [-0.25, -0.2) is 13.1 Å². The molecule has 126 valence electrons. The molecule has 1 fully saturated rings. The highest BCUT2D eigenvalue weighted by Gasteiger charge is 2.39. The zero-order valence-corrected chi connectivity index (χ0v) is 14.5. The van der Waals surface area contributed by atoms with E-state index in [1.807, 2.05) is 13.8 Å². The molecule has 0 radical (unpaired) electrons. The van der Waals surface area contributed by atoms with E-state index in [9.17, 15) is 13.2 Å². The quantitative estimate of drug-likeness (QED) is 0.833. The number of nitrogens with one attached hydrogen (secondary N) is 2. The molecule has 1 aliphatic carbocycles. The average Bonchev–Trinajstić information content (AvgIpc) is 2.66. The molecule has 23 heavy (non-hydrogen) atoms. The second-order valence-electron chi connectivity index (χ2n) is 7.10. The van der Waals surface area contributed by atoms with Gasteiger partial charge in [-0.15, -0.1) is 0 Å². The van der Waals surface area contributed by atoms with Gasteiger partial charge >= 0.3 is 0 Å². The van der Waals surface area contributed by atoms with Crippen LogP contribution in [-0.2, 0) is 20.2 Å². The van der Waals surface area contributed by atoms with Crippen molar-refractivity contribution in [2.75, 3.05) is 5.32 Å². The summed E-state index contributed by atoms with van der Waals surface area (Å²) in [7, 11) is -3.55. The summed E-state index contributed by atoms with van der Waals surface area (Å²) in [6.45, 7) is 3.62. The van der Waals surface area contributed by atoms with E-state index in [4.69, 9.17) is 0 Å². The van der Waals surface area contributed by atoms with E-state index in [1.54, 1.807) is 18.2 Å². The van der Waals surface area contributed by atoms with E-state index in [2.05, 4.69) is 10.0 Å². The Hall–Kier alpha value is -1.40. The Morgan fingerprint density at radius 1 is 1.13 bits per heavy atom. The minimum Gasteiger partial charge on any atom is -0.325 e. The number of fused-ring (bicyclic) bond motifs is 1. The Bertz CT molecular complexity index is 717. The number of carbonyl (C=O) groups excluding carboxylic acids is 1. The molecule has 1 aromatic rings. The fourth-order valence-electron chi connectivity index (χ4n) is 3.40. The normalized spacial score (nSPS) is 21.6. The van der Waals surface area contributed by atoms with Crippen molar-refractivity contribution in [3.8, 4) is 0 Å². The molecule has 1 aliphatic heterocycles. The molecule has 5 nitrogen and oxygen atoms in total. The smallest absolute Gasteiger partial charge is 0.240 e. The second-order valence-corrected chi connectivity index (χ2v) is 8.81. The van der Waals surface area contributed by atoms with Crippen molar-refractivity contribution in [2.45, 2.75) is 68.7 Å². The van der Waals surface area contributed by atoms with Crippen LogP contribution in [0.4, 0.5) is 5.69 Å². The Balaban J connectivity index is 1.87. The van der Waals surface area contributed by atoms with Gasteiger partial charge in [-0.2, -0.15) is 0 Å². The summed E-state index contributed by atoms with van der Waals surface area (Å²) in [5.74, 6) is -0.0984. The van der Waals surface area contributed by atoms with Gasteiger partial charge in [-0.3, -0.25) is 4.79 Å². The third-order valence-corrected chi connectivity index (χ3v) is 6.49. The Morgan fingerprint density at radius 3 is 2.43 bits per heavy atom. The molecule has 0 saturated heterocycles. The van der Waals surface area contributed by atoms with Crippen molar-refractivity contribution in [2.24, 2.45) is 0 Å². The lowest BCUT2D eigenvalue weighted by Crippen LogP contribution is -2.34. The minimum atomic E-state index is -3.55. The molecule has 1 amide bonds. The molecule has 0 spiro atoms. The van der Waals surface area contributed by atoms with Gasteiger partial charge < -0.3 is 5.32 Å². The van der Waals surface area contributed by atoms with Crippen molar-refractivity contribution in [3.63, 3.8) is 0 Å². The summed E-state index contributed by atoms with van der Waals surface area (Å²) in [5.41, 5.74) is 0.739. The first-order chi connectivity index (χ1) is 10.8. The molecule has 2 N–H and O–H groups in total. The molecule has 1 saturated carbocycles. The number of hydrogen-bond acceptors (Lipinski definition) is 3. The van der Waals surface area contributed by atoms with Crippen LogP contribution in [0.5, 0.6) is 0 Å². The first kappa shape index (κ1) is 16.5. The number of amides is 1. The van der Waals surface area contributed by atoms with Gasteiger partial charge in [0.25, 0.3) is 0 Å². The highest BCUT2D eigenvalue weighted by atomic mass is 32.2. The summed E-state index contributed by atoms with van der Waals surface area (Å²) in [4.78, 5) is 12.2. The fourth-order valence-corrected chi connectivity index (χ4v) is 4.73. The van der Waals surface area contributed by atoms with Crippen LogP contribution < -0.4 is 10.0 Å². The monoisotopic (exact) mass is 336 g/mol. The van der Waals surface area contributed by atoms with Crippen molar-refractivity contribution < 1.29 is 13.2 Å². The summed E-state index contributed by atoms with van der Waals surface area (Å²) in [5, 5.41) is 2.80.